The second kappa shape index (κ2) is 7.36. The number of aliphatic carboxylic acids is 1. The molecular formula is C19H20N2O10S. The smallest absolute Gasteiger partial charge is 0.338 e. The molecule has 1 aromatic rings. The number of hydrogen-bond donors (Lipinski definition) is 3. The van der Waals surface area contributed by atoms with E-state index in [1.54, 1.807) is 0 Å². The van der Waals surface area contributed by atoms with Crippen LogP contribution in [-0.2, 0) is 29.0 Å². The fourth-order valence-corrected chi connectivity index (χ4v) is 6.68. The summed E-state index contributed by atoms with van der Waals surface area (Å²) in [4.78, 5) is 42.0. The molecule has 0 spiro atoms. The summed E-state index contributed by atoms with van der Waals surface area (Å²) in [7, 11) is -4.06. The molecule has 0 saturated carbocycles. The molecule has 4 atom stereocenters. The summed E-state index contributed by atoms with van der Waals surface area (Å²) < 4.78 is 29.3. The zero-order valence-electron chi connectivity index (χ0n) is 16.8. The van der Waals surface area contributed by atoms with Gasteiger partial charge in [-0.2, -0.15) is 0 Å². The van der Waals surface area contributed by atoms with E-state index in [9.17, 15) is 38.1 Å². The highest BCUT2D eigenvalue weighted by Gasteiger charge is 2.72. The molecule has 172 valence electrons. The summed E-state index contributed by atoms with van der Waals surface area (Å²) in [6.07, 6.45) is -0.784. The van der Waals surface area contributed by atoms with Crippen LogP contribution in [0.2, 0.25) is 0 Å². The number of β-lactam (4-membered cyclic amide) rings is 1. The van der Waals surface area contributed by atoms with E-state index in [4.69, 9.17) is 9.57 Å². The Morgan fingerprint density at radius 3 is 2.62 bits per heavy atom. The van der Waals surface area contributed by atoms with Crippen LogP contribution < -0.4 is 0 Å². The van der Waals surface area contributed by atoms with E-state index < -0.39 is 55.7 Å². The first-order chi connectivity index (χ1) is 15.0. The van der Waals surface area contributed by atoms with Crippen molar-refractivity contribution < 1.29 is 47.7 Å². The Hall–Kier alpha value is -3.35. The summed E-state index contributed by atoms with van der Waals surface area (Å²) in [5, 5.41) is 31.0. The van der Waals surface area contributed by atoms with Crippen LogP contribution in [0.5, 0.6) is 11.5 Å². The largest absolute Gasteiger partial charge is 0.504 e. The summed E-state index contributed by atoms with van der Waals surface area (Å²) in [5.41, 5.74) is 0.0273. The minimum Gasteiger partial charge on any atom is -0.504 e. The number of ether oxygens (including phenoxy) is 1. The fourth-order valence-electron chi connectivity index (χ4n) is 4.24. The zero-order valence-corrected chi connectivity index (χ0v) is 17.6. The summed E-state index contributed by atoms with van der Waals surface area (Å²) in [5.74, 6) is -3.59. The van der Waals surface area contributed by atoms with E-state index in [2.05, 4.69) is 5.16 Å². The molecule has 12 nitrogen and oxygen atoms in total. The number of rotatable bonds is 6. The first-order valence-electron chi connectivity index (χ1n) is 9.68. The summed E-state index contributed by atoms with van der Waals surface area (Å²) in [6, 6.07) is 1.86. The van der Waals surface area contributed by atoms with E-state index in [1.807, 2.05) is 0 Å². The minimum atomic E-state index is -4.06. The molecule has 4 rings (SSSR count). The Morgan fingerprint density at radius 1 is 1.28 bits per heavy atom. The molecule has 3 aliphatic rings. The summed E-state index contributed by atoms with van der Waals surface area (Å²) in [6.45, 7) is 1.13. The highest BCUT2D eigenvalue weighted by Crippen LogP contribution is 2.48. The average Bonchev–Trinajstić information content (AvgIpc) is 3.24. The Labute approximate surface area is 181 Å². The van der Waals surface area contributed by atoms with Crippen LogP contribution >= 0.6 is 0 Å². The average molecular weight is 468 g/mol. The van der Waals surface area contributed by atoms with E-state index in [-0.39, 0.29) is 42.9 Å². The van der Waals surface area contributed by atoms with Crippen molar-refractivity contribution in [2.24, 2.45) is 5.16 Å². The second-order valence-corrected chi connectivity index (χ2v) is 10.4. The standard InChI is InChI=1S/C19H20N2O10S/c1-19(16(17(25)26)21-14(24)8-15(21)32(19,28)29)13-7-10(31-20-13)4-5-30-18(27)9-2-3-11(22)12(23)6-9/h2-3,6,10,15-16,22-23H,4-5,7-8H2,1H3,(H,25,26)/t10?,15-,16+,19+/m1/s1. The number of sulfone groups is 1. The number of benzene rings is 1. The fraction of sp³-hybridized carbons (Fsp3) is 0.474. The number of carbonyl (C=O) groups is 3. The van der Waals surface area contributed by atoms with Crippen LogP contribution in [0.25, 0.3) is 0 Å². The van der Waals surface area contributed by atoms with Crippen LogP contribution in [0.3, 0.4) is 0 Å². The number of nitrogens with zero attached hydrogens (tertiary/aromatic N) is 2. The van der Waals surface area contributed by atoms with E-state index in [0.29, 0.717) is 0 Å². The van der Waals surface area contributed by atoms with Crippen LogP contribution in [0.1, 0.15) is 36.5 Å². The molecule has 1 aromatic carbocycles. The Bertz CT molecular complexity index is 1150. The third kappa shape index (κ3) is 3.06. The maximum absolute atomic E-state index is 13.0. The number of phenolic OH excluding ortho intramolecular Hbond substituents is 2. The van der Waals surface area contributed by atoms with Crippen molar-refractivity contribution in [2.75, 3.05) is 6.61 Å². The number of fused-ring (bicyclic) bond motifs is 1. The van der Waals surface area contributed by atoms with Crippen molar-refractivity contribution in [3.63, 3.8) is 0 Å². The molecule has 2 saturated heterocycles. The molecule has 0 aliphatic carbocycles. The lowest BCUT2D eigenvalue weighted by Crippen LogP contribution is -2.58. The van der Waals surface area contributed by atoms with Gasteiger partial charge in [-0.1, -0.05) is 5.16 Å². The number of carbonyl (C=O) groups excluding carboxylic acids is 2. The zero-order chi connectivity index (χ0) is 23.4. The molecule has 3 heterocycles. The van der Waals surface area contributed by atoms with Gasteiger partial charge in [0.1, 0.15) is 16.2 Å². The molecular weight excluding hydrogens is 448 g/mol. The number of esters is 1. The first-order valence-corrected chi connectivity index (χ1v) is 11.2. The molecule has 32 heavy (non-hydrogen) atoms. The second-order valence-electron chi connectivity index (χ2n) is 7.95. The molecule has 2 fully saturated rings. The van der Waals surface area contributed by atoms with Gasteiger partial charge in [-0.05, 0) is 25.1 Å². The van der Waals surface area contributed by atoms with Crippen molar-refractivity contribution in [3.8, 4) is 11.5 Å². The third-order valence-corrected chi connectivity index (χ3v) is 8.87. The topological polar surface area (TPSA) is 180 Å². The van der Waals surface area contributed by atoms with Gasteiger partial charge in [-0.25, -0.2) is 18.0 Å². The van der Waals surface area contributed by atoms with Crippen molar-refractivity contribution in [2.45, 2.75) is 48.5 Å². The predicted molar refractivity (Wildman–Crippen MR) is 106 cm³/mol. The number of carboxylic acid groups (broad SMARTS) is 1. The molecule has 13 heteroatoms. The number of hydrogen-bond acceptors (Lipinski definition) is 10. The van der Waals surface area contributed by atoms with Crippen molar-refractivity contribution in [1.29, 1.82) is 0 Å². The molecule has 3 N–H and O–H groups in total. The van der Waals surface area contributed by atoms with Crippen molar-refractivity contribution in [1.82, 2.24) is 4.90 Å². The van der Waals surface area contributed by atoms with E-state index >= 15 is 0 Å². The van der Waals surface area contributed by atoms with Crippen LogP contribution in [0.4, 0.5) is 0 Å². The van der Waals surface area contributed by atoms with Gasteiger partial charge in [-0.3, -0.25) is 4.79 Å². The first kappa shape index (κ1) is 21.9. The number of amides is 1. The van der Waals surface area contributed by atoms with E-state index in [0.717, 1.165) is 17.0 Å². The lowest BCUT2D eigenvalue weighted by molar-refractivity contribution is -0.156. The van der Waals surface area contributed by atoms with Gasteiger partial charge >= 0.3 is 11.9 Å². The van der Waals surface area contributed by atoms with E-state index in [1.165, 1.54) is 13.0 Å². The number of oxime groups is 1. The van der Waals surface area contributed by atoms with Crippen LogP contribution in [0.15, 0.2) is 23.4 Å². The Morgan fingerprint density at radius 2 is 2.00 bits per heavy atom. The SMILES string of the molecule is C[C@]1(C2=NOC(CCOC(=O)c3ccc(O)c(O)c3)C2)[C@H](C(=O)O)N2C(=O)C[C@H]2S1(=O)=O. The lowest BCUT2D eigenvalue weighted by Gasteiger charge is -2.35. The molecule has 0 radical (unpaired) electrons. The number of phenols is 2. The lowest BCUT2D eigenvalue weighted by atomic mass is 9.89. The van der Waals surface area contributed by atoms with Crippen LogP contribution in [-0.4, -0.2) is 81.1 Å². The van der Waals surface area contributed by atoms with Gasteiger partial charge in [0.15, 0.2) is 27.4 Å². The van der Waals surface area contributed by atoms with Gasteiger partial charge in [0, 0.05) is 12.8 Å². The van der Waals surface area contributed by atoms with Crippen molar-refractivity contribution in [3.05, 3.63) is 23.8 Å². The maximum Gasteiger partial charge on any atom is 0.338 e. The quantitative estimate of drug-likeness (QED) is 0.292. The third-order valence-electron chi connectivity index (χ3n) is 6.12. The van der Waals surface area contributed by atoms with Gasteiger partial charge < -0.3 is 29.8 Å². The molecule has 0 aromatic heterocycles. The highest BCUT2D eigenvalue weighted by atomic mass is 32.2. The van der Waals surface area contributed by atoms with Crippen molar-refractivity contribution >= 4 is 33.4 Å². The van der Waals surface area contributed by atoms with Gasteiger partial charge in [0.2, 0.25) is 5.91 Å². The molecule has 1 amide bonds. The monoisotopic (exact) mass is 468 g/mol. The molecule has 1 unspecified atom stereocenters. The number of aromatic hydroxyl groups is 2. The Kier molecular flexibility index (Phi) is 5.03. The predicted octanol–water partition coefficient (Wildman–Crippen LogP) is -0.0117. The Balaban J connectivity index is 1.40. The van der Waals surface area contributed by atoms with Gasteiger partial charge in [-0.15, -0.1) is 0 Å². The molecule has 0 bridgehead atoms. The number of carboxylic acids is 1. The minimum absolute atomic E-state index is 0.00637. The van der Waals surface area contributed by atoms with Gasteiger partial charge in [0.25, 0.3) is 0 Å². The normalized spacial score (nSPS) is 30.2. The maximum atomic E-state index is 13.0. The summed E-state index contributed by atoms with van der Waals surface area (Å²) >= 11 is 0. The molecule has 3 aliphatic heterocycles. The highest BCUT2D eigenvalue weighted by molar-refractivity contribution is 7.94. The van der Waals surface area contributed by atoms with Gasteiger partial charge in [0.05, 0.1) is 24.3 Å². The van der Waals surface area contributed by atoms with Crippen LogP contribution in [0, 0.1) is 0 Å².